The Morgan fingerprint density at radius 1 is 1.14 bits per heavy atom. The van der Waals surface area contributed by atoms with Crippen molar-refractivity contribution in [2.75, 3.05) is 13.6 Å². The van der Waals surface area contributed by atoms with Crippen molar-refractivity contribution in [1.29, 1.82) is 0 Å². The Balaban J connectivity index is 1.72. The Morgan fingerprint density at radius 3 is 2.36 bits per heavy atom. The molecule has 14 heavy (non-hydrogen) atoms. The van der Waals surface area contributed by atoms with Crippen LogP contribution in [0, 0.1) is 5.92 Å². The molecule has 2 aliphatic carbocycles. The van der Waals surface area contributed by atoms with E-state index in [1.165, 1.54) is 44.9 Å². The standard InChI is InChI=1S/C12H23NO/c1-13(11-7-8-11)9-12(14)10-5-3-2-4-6-10/h10-12,14H,2-9H2,1H3. The van der Waals surface area contributed by atoms with Crippen LogP contribution in [-0.4, -0.2) is 35.7 Å². The minimum Gasteiger partial charge on any atom is -0.392 e. The van der Waals surface area contributed by atoms with Crippen LogP contribution in [0.25, 0.3) is 0 Å². The van der Waals surface area contributed by atoms with Crippen LogP contribution < -0.4 is 0 Å². The number of hydrogen-bond donors (Lipinski definition) is 1. The van der Waals surface area contributed by atoms with Gasteiger partial charge in [-0.2, -0.15) is 0 Å². The SMILES string of the molecule is CN(CC(O)C1CCCCC1)C1CC1. The number of hydrogen-bond acceptors (Lipinski definition) is 2. The van der Waals surface area contributed by atoms with Gasteiger partial charge in [0.1, 0.15) is 0 Å². The fraction of sp³-hybridized carbons (Fsp3) is 1.00. The van der Waals surface area contributed by atoms with Crippen molar-refractivity contribution in [3.8, 4) is 0 Å². The zero-order valence-electron chi connectivity index (χ0n) is 9.28. The number of nitrogens with zero attached hydrogens (tertiary/aromatic N) is 1. The molecule has 0 amide bonds. The monoisotopic (exact) mass is 197 g/mol. The summed E-state index contributed by atoms with van der Waals surface area (Å²) in [5.74, 6) is 0.588. The fourth-order valence-corrected chi connectivity index (χ4v) is 2.63. The molecule has 1 N–H and O–H groups in total. The number of rotatable bonds is 4. The van der Waals surface area contributed by atoms with Crippen molar-refractivity contribution in [3.63, 3.8) is 0 Å². The highest BCUT2D eigenvalue weighted by atomic mass is 16.3. The van der Waals surface area contributed by atoms with E-state index in [1.54, 1.807) is 0 Å². The van der Waals surface area contributed by atoms with E-state index in [0.717, 1.165) is 12.6 Å². The largest absolute Gasteiger partial charge is 0.392 e. The van der Waals surface area contributed by atoms with Crippen LogP contribution in [0.3, 0.4) is 0 Å². The first-order valence-electron chi connectivity index (χ1n) is 6.15. The van der Waals surface area contributed by atoms with E-state index in [9.17, 15) is 5.11 Å². The van der Waals surface area contributed by atoms with E-state index >= 15 is 0 Å². The quantitative estimate of drug-likeness (QED) is 0.745. The van der Waals surface area contributed by atoms with Crippen molar-refractivity contribution in [2.45, 2.75) is 57.1 Å². The lowest BCUT2D eigenvalue weighted by Gasteiger charge is -2.29. The smallest absolute Gasteiger partial charge is 0.0695 e. The van der Waals surface area contributed by atoms with Crippen molar-refractivity contribution in [3.05, 3.63) is 0 Å². The summed E-state index contributed by atoms with van der Waals surface area (Å²) in [6.45, 7) is 0.898. The molecule has 1 atom stereocenters. The van der Waals surface area contributed by atoms with Gasteiger partial charge in [0, 0.05) is 12.6 Å². The lowest BCUT2D eigenvalue weighted by atomic mass is 9.85. The lowest BCUT2D eigenvalue weighted by molar-refractivity contribution is 0.0530. The van der Waals surface area contributed by atoms with Crippen LogP contribution in [0.1, 0.15) is 44.9 Å². The molecule has 0 heterocycles. The predicted molar refractivity (Wildman–Crippen MR) is 58.2 cm³/mol. The van der Waals surface area contributed by atoms with Gasteiger partial charge in [-0.25, -0.2) is 0 Å². The van der Waals surface area contributed by atoms with Crippen LogP contribution in [-0.2, 0) is 0 Å². The summed E-state index contributed by atoms with van der Waals surface area (Å²) >= 11 is 0. The summed E-state index contributed by atoms with van der Waals surface area (Å²) in [4.78, 5) is 2.35. The van der Waals surface area contributed by atoms with E-state index in [-0.39, 0.29) is 6.10 Å². The van der Waals surface area contributed by atoms with Gasteiger partial charge in [0.2, 0.25) is 0 Å². The zero-order valence-corrected chi connectivity index (χ0v) is 9.28. The third-order valence-electron chi connectivity index (χ3n) is 3.84. The van der Waals surface area contributed by atoms with Crippen LogP contribution >= 0.6 is 0 Å². The summed E-state index contributed by atoms with van der Waals surface area (Å²) in [5, 5.41) is 10.1. The Morgan fingerprint density at radius 2 is 1.79 bits per heavy atom. The topological polar surface area (TPSA) is 23.5 Å². The first-order valence-corrected chi connectivity index (χ1v) is 6.15. The third-order valence-corrected chi connectivity index (χ3v) is 3.84. The van der Waals surface area contributed by atoms with E-state index in [4.69, 9.17) is 0 Å². The van der Waals surface area contributed by atoms with Gasteiger partial charge in [-0.15, -0.1) is 0 Å². The zero-order chi connectivity index (χ0) is 9.97. The molecule has 2 heteroatoms. The summed E-state index contributed by atoms with van der Waals surface area (Å²) in [6.07, 6.45) is 9.15. The van der Waals surface area contributed by atoms with Gasteiger partial charge < -0.3 is 10.0 Å². The van der Waals surface area contributed by atoms with Crippen molar-refractivity contribution < 1.29 is 5.11 Å². The van der Waals surface area contributed by atoms with E-state index < -0.39 is 0 Å². The van der Waals surface area contributed by atoms with Gasteiger partial charge in [0.15, 0.2) is 0 Å². The maximum Gasteiger partial charge on any atom is 0.0695 e. The average Bonchev–Trinajstić information content (AvgIpc) is 3.02. The maximum absolute atomic E-state index is 10.1. The van der Waals surface area contributed by atoms with Crippen LogP contribution in [0.2, 0.25) is 0 Å². The summed E-state index contributed by atoms with van der Waals surface area (Å²) in [5.41, 5.74) is 0. The second-order valence-electron chi connectivity index (χ2n) is 5.14. The predicted octanol–water partition coefficient (Wildman–Crippen LogP) is 2.02. The molecular weight excluding hydrogens is 174 g/mol. The molecule has 1 unspecified atom stereocenters. The molecule has 2 fully saturated rings. The Hall–Kier alpha value is -0.0800. The van der Waals surface area contributed by atoms with Crippen molar-refractivity contribution >= 4 is 0 Å². The molecule has 0 aromatic rings. The van der Waals surface area contributed by atoms with Gasteiger partial charge in [-0.05, 0) is 38.6 Å². The summed E-state index contributed by atoms with van der Waals surface area (Å²) < 4.78 is 0. The fourth-order valence-electron chi connectivity index (χ4n) is 2.63. The van der Waals surface area contributed by atoms with Crippen molar-refractivity contribution in [1.82, 2.24) is 4.90 Å². The molecular formula is C12H23NO. The minimum absolute atomic E-state index is 0.0686. The highest BCUT2D eigenvalue weighted by molar-refractivity contribution is 4.85. The van der Waals surface area contributed by atoms with Gasteiger partial charge >= 0.3 is 0 Å². The molecule has 0 spiro atoms. The molecule has 2 aliphatic rings. The van der Waals surface area contributed by atoms with E-state index in [1.807, 2.05) is 0 Å². The first-order chi connectivity index (χ1) is 6.77. The first kappa shape index (κ1) is 10.4. The van der Waals surface area contributed by atoms with E-state index in [2.05, 4.69) is 11.9 Å². The van der Waals surface area contributed by atoms with Gasteiger partial charge in [0.05, 0.1) is 6.10 Å². The van der Waals surface area contributed by atoms with Gasteiger partial charge in [-0.3, -0.25) is 0 Å². The minimum atomic E-state index is -0.0686. The normalized spacial score (nSPS) is 26.8. The Labute approximate surface area is 87.3 Å². The van der Waals surface area contributed by atoms with E-state index in [0.29, 0.717) is 5.92 Å². The highest BCUT2D eigenvalue weighted by Crippen LogP contribution is 2.29. The molecule has 2 nitrogen and oxygen atoms in total. The second-order valence-corrected chi connectivity index (χ2v) is 5.14. The summed E-state index contributed by atoms with van der Waals surface area (Å²) in [7, 11) is 2.16. The molecule has 2 saturated carbocycles. The Bertz CT molecular complexity index is 173. The van der Waals surface area contributed by atoms with Crippen LogP contribution in [0.5, 0.6) is 0 Å². The molecule has 0 saturated heterocycles. The van der Waals surface area contributed by atoms with Gasteiger partial charge in [-0.1, -0.05) is 19.3 Å². The Kier molecular flexibility index (Phi) is 3.45. The second kappa shape index (κ2) is 4.63. The summed E-state index contributed by atoms with van der Waals surface area (Å²) in [6, 6.07) is 0.785. The molecule has 82 valence electrons. The molecule has 0 aromatic carbocycles. The van der Waals surface area contributed by atoms with Crippen LogP contribution in [0.15, 0.2) is 0 Å². The van der Waals surface area contributed by atoms with Crippen molar-refractivity contribution in [2.24, 2.45) is 5.92 Å². The van der Waals surface area contributed by atoms with Crippen LogP contribution in [0.4, 0.5) is 0 Å². The molecule has 0 radical (unpaired) electrons. The number of aliphatic hydroxyl groups is 1. The average molecular weight is 197 g/mol. The molecule has 0 bridgehead atoms. The number of aliphatic hydroxyl groups excluding tert-OH is 1. The maximum atomic E-state index is 10.1. The third kappa shape index (κ3) is 2.71. The number of likely N-dealkylation sites (N-methyl/N-ethyl adjacent to an activating group) is 1. The molecule has 0 aliphatic heterocycles. The van der Waals surface area contributed by atoms with Gasteiger partial charge in [0.25, 0.3) is 0 Å². The lowest BCUT2D eigenvalue weighted by Crippen LogP contribution is -2.36. The molecule has 2 rings (SSSR count). The molecule has 0 aromatic heterocycles. The highest BCUT2D eigenvalue weighted by Gasteiger charge is 2.29.